The molecule has 10 rings (SSSR count). The van der Waals surface area contributed by atoms with Gasteiger partial charge >= 0.3 is 0 Å². The van der Waals surface area contributed by atoms with Crippen LogP contribution in [-0.4, -0.2) is 80.0 Å². The van der Waals surface area contributed by atoms with Crippen LogP contribution >= 0.6 is 0 Å². The molecule has 0 aliphatic heterocycles. The maximum absolute atomic E-state index is 11.0. The Balaban J connectivity index is 1.45. The number of aromatic hydroxyl groups is 10. The summed E-state index contributed by atoms with van der Waals surface area (Å²) in [4.78, 5) is 18.4. The minimum absolute atomic E-state index is 0.300. The molecule has 0 aliphatic carbocycles. The summed E-state index contributed by atoms with van der Waals surface area (Å²) >= 11 is 0. The second kappa shape index (κ2) is 11.1. The maximum Gasteiger partial charge on any atom is 0.238 e. The number of hydrogen-bond donors (Lipinski definition) is 10. The zero-order chi connectivity index (χ0) is 38.9. The summed E-state index contributed by atoms with van der Waals surface area (Å²) in [5.74, 6) is -13.8. The molecule has 4 heterocycles. The molecule has 4 aromatic heterocycles. The van der Waals surface area contributed by atoms with E-state index in [1.807, 2.05) is 77.2 Å². The summed E-state index contributed by atoms with van der Waals surface area (Å²) in [5.41, 5.74) is 2.19. The third kappa shape index (κ3) is 4.05. The molecule has 0 radical (unpaired) electrons. The van der Waals surface area contributed by atoms with E-state index in [1.165, 1.54) is 0 Å². The van der Waals surface area contributed by atoms with Crippen molar-refractivity contribution in [3.63, 3.8) is 0 Å². The molecule has 56 heavy (non-hydrogen) atoms. The first kappa shape index (κ1) is 32.3. The van der Waals surface area contributed by atoms with Gasteiger partial charge in [-0.25, -0.2) is 9.97 Å². The van der Waals surface area contributed by atoms with Gasteiger partial charge in [-0.3, -0.25) is 8.97 Å². The van der Waals surface area contributed by atoms with Crippen molar-refractivity contribution < 1.29 is 51.1 Å². The van der Waals surface area contributed by atoms with E-state index < -0.39 is 80.3 Å². The van der Waals surface area contributed by atoms with Crippen LogP contribution in [0.3, 0.4) is 0 Å². The summed E-state index contributed by atoms with van der Waals surface area (Å²) in [6.45, 7) is 0. The Hall–Kier alpha value is -8.40. The smallest absolute Gasteiger partial charge is 0.238 e. The second-order valence-electron chi connectivity index (χ2n) is 13.0. The average molecular weight is 749 g/mol. The molecule has 0 unspecified atom stereocenters. The van der Waals surface area contributed by atoms with E-state index in [1.54, 1.807) is 16.7 Å². The fraction of sp³-hybridized carbons (Fsp3) is 0. The lowest BCUT2D eigenvalue weighted by molar-refractivity contribution is 0.329. The first-order valence-electron chi connectivity index (χ1n) is 16.8. The van der Waals surface area contributed by atoms with Gasteiger partial charge in [-0.1, -0.05) is 66.7 Å². The Kier molecular flexibility index (Phi) is 6.37. The van der Waals surface area contributed by atoms with E-state index in [4.69, 9.17) is 4.98 Å². The zero-order valence-corrected chi connectivity index (χ0v) is 28.2. The van der Waals surface area contributed by atoms with E-state index in [9.17, 15) is 51.1 Å². The molecule has 0 fully saturated rings. The fourth-order valence-corrected chi connectivity index (χ4v) is 7.52. The zero-order valence-electron chi connectivity index (χ0n) is 28.2. The van der Waals surface area contributed by atoms with Gasteiger partial charge in [0.15, 0.2) is 34.6 Å². The molecule has 16 nitrogen and oxygen atoms in total. The van der Waals surface area contributed by atoms with Gasteiger partial charge in [0.05, 0.1) is 27.6 Å². The van der Waals surface area contributed by atoms with Crippen molar-refractivity contribution in [2.45, 2.75) is 0 Å². The van der Waals surface area contributed by atoms with Gasteiger partial charge in [-0.2, -0.15) is 9.97 Å². The molecule has 0 amide bonds. The minimum Gasteiger partial charge on any atom is -0.504 e. The van der Waals surface area contributed by atoms with Crippen LogP contribution in [0.5, 0.6) is 57.5 Å². The van der Waals surface area contributed by atoms with E-state index in [2.05, 4.69) is 15.0 Å². The van der Waals surface area contributed by atoms with Crippen LogP contribution in [-0.2, 0) is 0 Å². The van der Waals surface area contributed by atoms with Crippen LogP contribution in [0.25, 0.3) is 88.9 Å². The standard InChI is InChI=1S/C40H24N6O10/c47-27-23(28(48)32(52)35(55)31(27)51)37-42-38(24-29(49)33(53)36(56)34(54)30(24)50)44-40(43-37)46-21-11-5-3-8-16(21)18-14-13-17-15-7-1-2-9-19(15)39-41-20-10-4-6-12-22(20)45(39)25(17)26(18)46/h1-14,47-56H. The van der Waals surface area contributed by atoms with Crippen LogP contribution in [0.4, 0.5) is 0 Å². The molecule has 0 saturated heterocycles. The number of phenols is 10. The quantitative estimate of drug-likeness (QED) is 0.0528. The summed E-state index contributed by atoms with van der Waals surface area (Å²) < 4.78 is 3.63. The number of benzene rings is 6. The Morgan fingerprint density at radius 3 is 1.38 bits per heavy atom. The lowest BCUT2D eigenvalue weighted by Gasteiger charge is -2.16. The Morgan fingerprint density at radius 1 is 0.357 bits per heavy atom. The van der Waals surface area contributed by atoms with Crippen molar-refractivity contribution in [2.24, 2.45) is 0 Å². The summed E-state index contributed by atoms with van der Waals surface area (Å²) in [6.07, 6.45) is 0. The monoisotopic (exact) mass is 748 g/mol. The molecule has 10 N–H and O–H groups in total. The number of pyridine rings is 1. The first-order chi connectivity index (χ1) is 27.0. The number of phenolic OH excluding ortho intramolecular Hbond substituents is 10. The fourth-order valence-electron chi connectivity index (χ4n) is 7.52. The van der Waals surface area contributed by atoms with Crippen molar-refractivity contribution in [1.82, 2.24) is 28.9 Å². The Bertz CT molecular complexity index is 3250. The Labute approximate surface area is 310 Å². The number of fused-ring (bicyclic) bond motifs is 12. The topological polar surface area (TPSA) is 263 Å². The number of aromatic nitrogens is 6. The number of para-hydroxylation sites is 3. The van der Waals surface area contributed by atoms with Gasteiger partial charge in [-0.05, 0) is 23.6 Å². The molecule has 0 atom stereocenters. The summed E-state index contributed by atoms with van der Waals surface area (Å²) in [6, 6.07) is 26.5. The molecule has 0 aliphatic rings. The maximum atomic E-state index is 11.0. The van der Waals surface area contributed by atoms with Crippen LogP contribution in [0.1, 0.15) is 0 Å². The summed E-state index contributed by atoms with van der Waals surface area (Å²) in [5, 5.41) is 110. The molecular weight excluding hydrogens is 724 g/mol. The van der Waals surface area contributed by atoms with Gasteiger partial charge in [0.25, 0.3) is 0 Å². The molecule has 274 valence electrons. The third-order valence-electron chi connectivity index (χ3n) is 10.1. The van der Waals surface area contributed by atoms with Crippen molar-refractivity contribution in [1.29, 1.82) is 0 Å². The Morgan fingerprint density at radius 2 is 0.804 bits per heavy atom. The average Bonchev–Trinajstić information content (AvgIpc) is 3.78. The molecule has 0 bridgehead atoms. The molecule has 6 aromatic carbocycles. The van der Waals surface area contributed by atoms with E-state index in [0.29, 0.717) is 33.1 Å². The first-order valence-corrected chi connectivity index (χ1v) is 16.8. The highest BCUT2D eigenvalue weighted by Crippen LogP contribution is 2.56. The molecule has 16 heteroatoms. The largest absolute Gasteiger partial charge is 0.504 e. The van der Waals surface area contributed by atoms with Crippen LogP contribution in [0.2, 0.25) is 0 Å². The molecule has 10 aromatic rings. The van der Waals surface area contributed by atoms with E-state index in [-0.39, 0.29) is 5.95 Å². The van der Waals surface area contributed by atoms with E-state index in [0.717, 1.165) is 27.1 Å². The number of imidazole rings is 1. The van der Waals surface area contributed by atoms with E-state index >= 15 is 0 Å². The second-order valence-corrected chi connectivity index (χ2v) is 13.0. The number of hydrogen-bond acceptors (Lipinski definition) is 14. The lowest BCUT2D eigenvalue weighted by atomic mass is 10.0. The predicted octanol–water partition coefficient (Wildman–Crippen LogP) is 6.47. The number of nitrogens with zero attached hydrogens (tertiary/aromatic N) is 6. The van der Waals surface area contributed by atoms with Crippen LogP contribution in [0.15, 0.2) is 84.9 Å². The van der Waals surface area contributed by atoms with Crippen LogP contribution < -0.4 is 0 Å². The molecular formula is C40H24N6O10. The van der Waals surface area contributed by atoms with Crippen molar-refractivity contribution in [3.8, 4) is 86.2 Å². The van der Waals surface area contributed by atoms with Gasteiger partial charge < -0.3 is 51.1 Å². The van der Waals surface area contributed by atoms with Crippen molar-refractivity contribution >= 4 is 60.2 Å². The molecule has 0 spiro atoms. The van der Waals surface area contributed by atoms with Gasteiger partial charge in [0.2, 0.25) is 40.4 Å². The molecule has 0 saturated carbocycles. The van der Waals surface area contributed by atoms with Crippen molar-refractivity contribution in [3.05, 3.63) is 84.9 Å². The van der Waals surface area contributed by atoms with Crippen molar-refractivity contribution in [2.75, 3.05) is 0 Å². The van der Waals surface area contributed by atoms with Gasteiger partial charge in [0.1, 0.15) is 16.8 Å². The van der Waals surface area contributed by atoms with Crippen LogP contribution in [0, 0.1) is 0 Å². The highest BCUT2D eigenvalue weighted by molar-refractivity contribution is 6.24. The predicted molar refractivity (Wildman–Crippen MR) is 203 cm³/mol. The third-order valence-corrected chi connectivity index (χ3v) is 10.1. The van der Waals surface area contributed by atoms with Gasteiger partial charge in [0, 0.05) is 21.5 Å². The number of rotatable bonds is 3. The summed E-state index contributed by atoms with van der Waals surface area (Å²) in [7, 11) is 0. The highest BCUT2D eigenvalue weighted by Gasteiger charge is 2.32. The SMILES string of the molecule is Oc1c(O)c(O)c(-c2nc(-c3c(O)c(O)c(O)c(O)c3O)nc(-n3c4ccccc4c4ccc5c6ccccc6c6nc7ccccc7n6c5c43)n2)c(O)c1O. The lowest BCUT2D eigenvalue weighted by Crippen LogP contribution is -2.08. The van der Waals surface area contributed by atoms with Gasteiger partial charge in [-0.15, -0.1) is 0 Å². The highest BCUT2D eigenvalue weighted by atomic mass is 16.4. The minimum atomic E-state index is -1.25. The normalized spacial score (nSPS) is 11.9.